The minimum Gasteiger partial charge on any atom is -0.503 e. The average Bonchev–Trinajstić information content (AvgIpc) is 2.92. The second-order valence-electron chi connectivity index (χ2n) is 5.25. The zero-order valence-corrected chi connectivity index (χ0v) is 13.1. The van der Waals surface area contributed by atoms with Gasteiger partial charge in [0.05, 0.1) is 6.61 Å². The van der Waals surface area contributed by atoms with Gasteiger partial charge in [0.15, 0.2) is 22.7 Å². The number of carboxylic acid groups (broad SMARTS) is 1. The second-order valence-corrected chi connectivity index (χ2v) is 5.25. The van der Waals surface area contributed by atoms with Crippen molar-refractivity contribution in [2.75, 3.05) is 26.4 Å². The van der Waals surface area contributed by atoms with Gasteiger partial charge in [-0.25, -0.2) is 14.8 Å². The fraction of sp³-hybridized carbons (Fsp3) is 0.533. The van der Waals surface area contributed by atoms with Crippen LogP contribution in [-0.4, -0.2) is 59.0 Å². The third-order valence-corrected chi connectivity index (χ3v) is 3.22. The summed E-state index contributed by atoms with van der Waals surface area (Å²) in [6.45, 7) is 4.65. The molecule has 8 nitrogen and oxygen atoms in total. The molecule has 1 atom stereocenters. The van der Waals surface area contributed by atoms with Crippen molar-refractivity contribution in [2.45, 2.75) is 25.8 Å². The molecule has 0 aromatic carbocycles. The monoisotopic (exact) mass is 324 g/mol. The van der Waals surface area contributed by atoms with E-state index in [0.29, 0.717) is 13.2 Å². The van der Waals surface area contributed by atoms with Gasteiger partial charge in [0.2, 0.25) is 5.90 Å². The van der Waals surface area contributed by atoms with E-state index < -0.39 is 11.5 Å². The van der Waals surface area contributed by atoms with Gasteiger partial charge in [-0.2, -0.15) is 0 Å². The number of rotatable bonds is 8. The van der Waals surface area contributed by atoms with Crippen LogP contribution >= 0.6 is 0 Å². The standard InChI is InChI=1S/C15H20N2O6/c1-3-6-21-7-8-22-10-4-5-16-11(12(10)18)13-17-15(2,9-23-13)14(19)20/h4-5,18H,3,6-9H2,1-2H3,(H,19,20)/t15-/m1/s1. The smallest absolute Gasteiger partial charge is 0.335 e. The van der Waals surface area contributed by atoms with E-state index in [2.05, 4.69) is 9.98 Å². The number of hydrogen-bond acceptors (Lipinski definition) is 7. The van der Waals surface area contributed by atoms with Crippen molar-refractivity contribution in [2.24, 2.45) is 4.99 Å². The van der Waals surface area contributed by atoms with Crippen LogP contribution in [0.3, 0.4) is 0 Å². The Hall–Kier alpha value is -2.35. The summed E-state index contributed by atoms with van der Waals surface area (Å²) >= 11 is 0. The lowest BCUT2D eigenvalue weighted by Crippen LogP contribution is -2.34. The molecule has 0 unspecified atom stereocenters. The lowest BCUT2D eigenvalue weighted by atomic mass is 10.1. The number of aliphatic carboxylic acids is 1. The largest absolute Gasteiger partial charge is 0.503 e. The van der Waals surface area contributed by atoms with Crippen molar-refractivity contribution in [3.63, 3.8) is 0 Å². The first-order valence-electron chi connectivity index (χ1n) is 7.33. The van der Waals surface area contributed by atoms with E-state index in [1.807, 2.05) is 6.92 Å². The van der Waals surface area contributed by atoms with Gasteiger partial charge in [0, 0.05) is 18.9 Å². The number of carboxylic acids is 1. The topological polar surface area (TPSA) is 110 Å². The molecule has 1 aliphatic heterocycles. The molecule has 1 aliphatic rings. The lowest BCUT2D eigenvalue weighted by Gasteiger charge is -2.10. The van der Waals surface area contributed by atoms with Crippen molar-refractivity contribution < 1.29 is 29.2 Å². The third-order valence-electron chi connectivity index (χ3n) is 3.22. The van der Waals surface area contributed by atoms with Gasteiger partial charge in [-0.1, -0.05) is 6.92 Å². The molecule has 8 heteroatoms. The molecule has 1 aromatic rings. The van der Waals surface area contributed by atoms with Crippen molar-refractivity contribution in [3.8, 4) is 11.5 Å². The summed E-state index contributed by atoms with van der Waals surface area (Å²) in [7, 11) is 0. The SMILES string of the molecule is CCCOCCOc1ccnc(C2=N[C@@](C)(C(=O)O)CO2)c1O. The average molecular weight is 324 g/mol. The fourth-order valence-electron chi connectivity index (χ4n) is 1.89. The second kappa shape index (κ2) is 7.28. The van der Waals surface area contributed by atoms with Gasteiger partial charge in [-0.3, -0.25) is 0 Å². The normalized spacial score (nSPS) is 20.0. The number of carbonyl (C=O) groups is 1. The van der Waals surface area contributed by atoms with Crippen LogP contribution < -0.4 is 4.74 Å². The molecule has 2 N–H and O–H groups in total. The predicted molar refractivity (Wildman–Crippen MR) is 81.0 cm³/mol. The van der Waals surface area contributed by atoms with Crippen LogP contribution in [-0.2, 0) is 14.3 Å². The Morgan fingerprint density at radius 3 is 2.87 bits per heavy atom. The molecular formula is C15H20N2O6. The minimum absolute atomic E-state index is 0.0138. The van der Waals surface area contributed by atoms with Crippen molar-refractivity contribution in [3.05, 3.63) is 18.0 Å². The molecule has 2 heterocycles. The predicted octanol–water partition coefficient (Wildman–Crippen LogP) is 1.21. The van der Waals surface area contributed by atoms with Crippen molar-refractivity contribution >= 4 is 11.9 Å². The molecule has 0 amide bonds. The highest BCUT2D eigenvalue weighted by atomic mass is 16.5. The molecular weight excluding hydrogens is 304 g/mol. The Kier molecular flexibility index (Phi) is 5.38. The van der Waals surface area contributed by atoms with E-state index in [4.69, 9.17) is 19.3 Å². The van der Waals surface area contributed by atoms with Crippen LogP contribution in [0.2, 0.25) is 0 Å². The molecule has 23 heavy (non-hydrogen) atoms. The van der Waals surface area contributed by atoms with Gasteiger partial charge in [0.1, 0.15) is 13.2 Å². The third kappa shape index (κ3) is 3.89. The van der Waals surface area contributed by atoms with E-state index in [0.717, 1.165) is 6.42 Å². The van der Waals surface area contributed by atoms with E-state index in [9.17, 15) is 9.90 Å². The number of hydrogen-bond donors (Lipinski definition) is 2. The van der Waals surface area contributed by atoms with E-state index >= 15 is 0 Å². The highest BCUT2D eigenvalue weighted by Crippen LogP contribution is 2.31. The van der Waals surface area contributed by atoms with E-state index in [1.54, 1.807) is 0 Å². The first kappa shape index (κ1) is 17.0. The number of nitrogens with zero attached hydrogens (tertiary/aromatic N) is 2. The maximum absolute atomic E-state index is 11.2. The number of aromatic hydroxyl groups is 1. The quantitative estimate of drug-likeness (QED) is 0.691. The number of pyridine rings is 1. The molecule has 0 spiro atoms. The molecule has 0 bridgehead atoms. The Bertz CT molecular complexity index is 604. The van der Waals surface area contributed by atoms with Crippen LogP contribution in [0.25, 0.3) is 0 Å². The minimum atomic E-state index is -1.38. The molecule has 2 rings (SSSR count). The first-order valence-corrected chi connectivity index (χ1v) is 7.33. The van der Waals surface area contributed by atoms with E-state index in [1.165, 1.54) is 19.2 Å². The molecule has 126 valence electrons. The molecule has 0 aliphatic carbocycles. The van der Waals surface area contributed by atoms with Crippen molar-refractivity contribution in [1.82, 2.24) is 4.98 Å². The summed E-state index contributed by atoms with van der Waals surface area (Å²) in [6, 6.07) is 1.50. The van der Waals surface area contributed by atoms with Crippen LogP contribution in [0, 0.1) is 0 Å². The molecule has 0 saturated carbocycles. The van der Waals surface area contributed by atoms with Crippen LogP contribution in [0.1, 0.15) is 26.0 Å². The molecule has 1 aromatic heterocycles. The Morgan fingerprint density at radius 1 is 1.43 bits per heavy atom. The summed E-state index contributed by atoms with van der Waals surface area (Å²) in [5, 5.41) is 19.4. The maximum atomic E-state index is 11.2. The number of aromatic nitrogens is 1. The highest BCUT2D eigenvalue weighted by Gasteiger charge is 2.40. The van der Waals surface area contributed by atoms with Crippen LogP contribution in [0.4, 0.5) is 0 Å². The van der Waals surface area contributed by atoms with Crippen molar-refractivity contribution in [1.29, 1.82) is 0 Å². The summed E-state index contributed by atoms with van der Waals surface area (Å²) < 4.78 is 16.0. The zero-order valence-electron chi connectivity index (χ0n) is 13.1. The Balaban J connectivity index is 2.10. The Labute approximate surface area is 133 Å². The van der Waals surface area contributed by atoms with Gasteiger partial charge in [-0.15, -0.1) is 0 Å². The number of aliphatic imine (C=N–C) groups is 1. The first-order chi connectivity index (χ1) is 11.0. The lowest BCUT2D eigenvalue weighted by molar-refractivity contribution is -0.142. The number of ether oxygens (including phenoxy) is 3. The molecule has 0 fully saturated rings. The zero-order chi connectivity index (χ0) is 16.9. The molecule has 0 saturated heterocycles. The maximum Gasteiger partial charge on any atom is 0.335 e. The van der Waals surface area contributed by atoms with E-state index in [-0.39, 0.29) is 36.3 Å². The van der Waals surface area contributed by atoms with Gasteiger partial charge in [0.25, 0.3) is 0 Å². The van der Waals surface area contributed by atoms with Gasteiger partial charge in [-0.05, 0) is 13.3 Å². The summed E-state index contributed by atoms with van der Waals surface area (Å²) in [5.74, 6) is -1.14. The molecule has 0 radical (unpaired) electrons. The summed E-state index contributed by atoms with van der Waals surface area (Å²) in [4.78, 5) is 19.2. The highest BCUT2D eigenvalue weighted by molar-refractivity contribution is 5.99. The summed E-state index contributed by atoms with van der Waals surface area (Å²) in [6.07, 6.45) is 2.35. The summed E-state index contributed by atoms with van der Waals surface area (Å²) in [5.41, 5.74) is -1.32. The van der Waals surface area contributed by atoms with Crippen LogP contribution in [0.15, 0.2) is 17.3 Å². The van der Waals surface area contributed by atoms with Crippen LogP contribution in [0.5, 0.6) is 11.5 Å². The fourth-order valence-corrected chi connectivity index (χ4v) is 1.89. The van der Waals surface area contributed by atoms with Gasteiger partial charge < -0.3 is 24.4 Å². The van der Waals surface area contributed by atoms with Gasteiger partial charge >= 0.3 is 5.97 Å². The Morgan fingerprint density at radius 2 is 2.22 bits per heavy atom.